The zero-order valence-electron chi connectivity index (χ0n) is 12.8. The maximum Gasteiger partial charge on any atom is 0.135 e. The molecule has 0 radical (unpaired) electrons. The van der Waals surface area contributed by atoms with Crippen LogP contribution >= 0.6 is 0 Å². The van der Waals surface area contributed by atoms with Gasteiger partial charge in [-0.1, -0.05) is 0 Å². The second kappa shape index (κ2) is 5.98. The highest BCUT2D eigenvalue weighted by Gasteiger charge is 2.35. The summed E-state index contributed by atoms with van der Waals surface area (Å²) in [5.74, 6) is 2.51. The van der Waals surface area contributed by atoms with E-state index in [0.717, 1.165) is 48.7 Å². The maximum absolute atomic E-state index is 6.35. The second-order valence-electron chi connectivity index (χ2n) is 5.45. The number of benzene rings is 1. The third kappa shape index (κ3) is 2.86. The van der Waals surface area contributed by atoms with Crippen molar-refractivity contribution in [3.63, 3.8) is 0 Å². The largest absolute Gasteiger partial charge is 0.494 e. The van der Waals surface area contributed by atoms with Crippen LogP contribution in [-0.2, 0) is 0 Å². The van der Waals surface area contributed by atoms with Crippen molar-refractivity contribution < 1.29 is 14.2 Å². The fraction of sp³-hybridized carbons (Fsp3) is 0.529. The van der Waals surface area contributed by atoms with E-state index in [1.54, 1.807) is 0 Å². The first-order valence-corrected chi connectivity index (χ1v) is 7.79. The van der Waals surface area contributed by atoms with Crippen LogP contribution in [0.15, 0.2) is 18.2 Å². The highest BCUT2D eigenvalue weighted by atomic mass is 16.5. The van der Waals surface area contributed by atoms with Crippen molar-refractivity contribution in [3.05, 3.63) is 23.8 Å². The molecule has 0 bridgehead atoms. The van der Waals surface area contributed by atoms with E-state index in [1.165, 1.54) is 0 Å². The molecule has 4 nitrogen and oxygen atoms in total. The van der Waals surface area contributed by atoms with Crippen LogP contribution in [0.3, 0.4) is 0 Å². The van der Waals surface area contributed by atoms with Crippen molar-refractivity contribution in [1.29, 1.82) is 0 Å². The van der Waals surface area contributed by atoms with Crippen LogP contribution in [0.1, 0.15) is 32.3 Å². The van der Waals surface area contributed by atoms with E-state index in [4.69, 9.17) is 14.2 Å². The molecule has 4 heteroatoms. The first-order valence-electron chi connectivity index (χ1n) is 7.79. The van der Waals surface area contributed by atoms with Crippen molar-refractivity contribution in [2.24, 2.45) is 0 Å². The predicted octanol–water partition coefficient (Wildman–Crippen LogP) is 3.01. The van der Waals surface area contributed by atoms with Crippen LogP contribution in [0.4, 0.5) is 0 Å². The van der Waals surface area contributed by atoms with Crippen LogP contribution in [0.5, 0.6) is 17.2 Å². The molecule has 0 unspecified atom stereocenters. The van der Waals surface area contributed by atoms with Crippen LogP contribution in [0.25, 0.3) is 6.08 Å². The molecule has 1 aromatic rings. The summed E-state index contributed by atoms with van der Waals surface area (Å²) in [5, 5.41) is 3.38. The summed E-state index contributed by atoms with van der Waals surface area (Å²) in [5.41, 5.74) is 0.844. The first kappa shape index (κ1) is 14.3. The van der Waals surface area contributed by atoms with Gasteiger partial charge in [-0.05, 0) is 39.1 Å². The minimum atomic E-state index is -0.174. The Labute approximate surface area is 126 Å². The molecule has 0 amide bonds. The van der Waals surface area contributed by atoms with Gasteiger partial charge in [-0.2, -0.15) is 0 Å². The smallest absolute Gasteiger partial charge is 0.135 e. The van der Waals surface area contributed by atoms with E-state index in [2.05, 4.69) is 17.5 Å². The van der Waals surface area contributed by atoms with Crippen molar-refractivity contribution in [2.45, 2.75) is 32.3 Å². The van der Waals surface area contributed by atoms with Crippen molar-refractivity contribution in [1.82, 2.24) is 5.32 Å². The molecule has 0 saturated carbocycles. The topological polar surface area (TPSA) is 39.7 Å². The Balaban J connectivity index is 1.96. The van der Waals surface area contributed by atoms with Gasteiger partial charge in [0.05, 0.1) is 18.8 Å². The van der Waals surface area contributed by atoms with Crippen LogP contribution in [-0.4, -0.2) is 31.9 Å². The Morgan fingerprint density at radius 3 is 2.62 bits per heavy atom. The van der Waals surface area contributed by atoms with Gasteiger partial charge in [0.1, 0.15) is 22.8 Å². The standard InChI is InChI=1S/C17H23NO3/c1-3-19-13-11-15(20-4-2)14-5-6-17(21-16(14)12-13)7-9-18-10-8-17/h5-6,11-12,18H,3-4,7-10H2,1-2H3. The van der Waals surface area contributed by atoms with Crippen LogP contribution < -0.4 is 19.5 Å². The third-order valence-electron chi connectivity index (χ3n) is 4.01. The molecule has 1 spiro atoms. The Hall–Kier alpha value is -1.68. The van der Waals surface area contributed by atoms with E-state index in [9.17, 15) is 0 Å². The zero-order valence-corrected chi connectivity index (χ0v) is 12.8. The normalized spacial score (nSPS) is 19.0. The molecular formula is C17H23NO3. The fourth-order valence-corrected chi connectivity index (χ4v) is 2.96. The summed E-state index contributed by atoms with van der Waals surface area (Å²) in [6.45, 7) is 7.21. The molecule has 0 aromatic heterocycles. The third-order valence-corrected chi connectivity index (χ3v) is 4.01. The lowest BCUT2D eigenvalue weighted by Crippen LogP contribution is -2.45. The van der Waals surface area contributed by atoms with Crippen LogP contribution in [0.2, 0.25) is 0 Å². The Bertz CT molecular complexity index is 533. The molecule has 2 aliphatic heterocycles. The van der Waals surface area contributed by atoms with Gasteiger partial charge in [-0.15, -0.1) is 0 Å². The molecule has 0 atom stereocenters. The van der Waals surface area contributed by atoms with E-state index in [0.29, 0.717) is 13.2 Å². The van der Waals surface area contributed by atoms with Gasteiger partial charge >= 0.3 is 0 Å². The number of rotatable bonds is 4. The SMILES string of the molecule is CCOc1cc(OCC)c2c(c1)OC1(C=C2)CCNCC1. The highest BCUT2D eigenvalue weighted by molar-refractivity contribution is 5.69. The number of ether oxygens (including phenoxy) is 3. The van der Waals surface area contributed by atoms with Gasteiger partial charge in [0.15, 0.2) is 0 Å². The highest BCUT2D eigenvalue weighted by Crippen LogP contribution is 2.42. The number of nitrogens with one attached hydrogen (secondary N) is 1. The van der Waals surface area contributed by atoms with Gasteiger partial charge in [0.25, 0.3) is 0 Å². The summed E-state index contributed by atoms with van der Waals surface area (Å²) < 4.78 is 17.7. The minimum Gasteiger partial charge on any atom is -0.494 e. The quantitative estimate of drug-likeness (QED) is 0.925. The Kier molecular flexibility index (Phi) is 4.06. The fourth-order valence-electron chi connectivity index (χ4n) is 2.96. The molecule has 0 aliphatic carbocycles. The van der Waals surface area contributed by atoms with Gasteiger partial charge in [-0.3, -0.25) is 0 Å². The zero-order chi connectivity index (χ0) is 14.7. The average molecular weight is 289 g/mol. The lowest BCUT2D eigenvalue weighted by Gasteiger charge is -2.38. The predicted molar refractivity (Wildman–Crippen MR) is 83.3 cm³/mol. The first-order chi connectivity index (χ1) is 10.3. The lowest BCUT2D eigenvalue weighted by molar-refractivity contribution is 0.0814. The van der Waals surface area contributed by atoms with Crippen molar-refractivity contribution in [3.8, 4) is 17.2 Å². The molecule has 2 aliphatic rings. The summed E-state index contributed by atoms with van der Waals surface area (Å²) in [6.07, 6.45) is 6.32. The van der Waals surface area contributed by atoms with E-state index in [1.807, 2.05) is 26.0 Å². The van der Waals surface area contributed by atoms with Gasteiger partial charge in [0, 0.05) is 25.0 Å². The summed E-state index contributed by atoms with van der Waals surface area (Å²) in [7, 11) is 0. The Morgan fingerprint density at radius 1 is 1.14 bits per heavy atom. The van der Waals surface area contributed by atoms with Crippen molar-refractivity contribution >= 4 is 6.08 Å². The van der Waals surface area contributed by atoms with E-state index < -0.39 is 0 Å². The van der Waals surface area contributed by atoms with Gasteiger partial charge in [-0.25, -0.2) is 0 Å². The molecule has 1 aromatic carbocycles. The molecule has 21 heavy (non-hydrogen) atoms. The molecule has 1 N–H and O–H groups in total. The number of hydrogen-bond donors (Lipinski definition) is 1. The van der Waals surface area contributed by atoms with Crippen molar-refractivity contribution in [2.75, 3.05) is 26.3 Å². The summed E-state index contributed by atoms with van der Waals surface area (Å²) in [6, 6.07) is 3.93. The maximum atomic E-state index is 6.35. The van der Waals surface area contributed by atoms with E-state index in [-0.39, 0.29) is 5.60 Å². The average Bonchev–Trinajstić information content (AvgIpc) is 2.48. The molecule has 1 fully saturated rings. The number of fused-ring (bicyclic) bond motifs is 1. The summed E-state index contributed by atoms with van der Waals surface area (Å²) in [4.78, 5) is 0. The second-order valence-corrected chi connectivity index (χ2v) is 5.45. The van der Waals surface area contributed by atoms with Crippen LogP contribution in [0, 0.1) is 0 Å². The molecule has 3 rings (SSSR count). The lowest BCUT2D eigenvalue weighted by atomic mass is 9.89. The minimum absolute atomic E-state index is 0.174. The van der Waals surface area contributed by atoms with Gasteiger partial charge < -0.3 is 19.5 Å². The Morgan fingerprint density at radius 2 is 1.90 bits per heavy atom. The molecular weight excluding hydrogens is 266 g/mol. The van der Waals surface area contributed by atoms with Gasteiger partial charge in [0.2, 0.25) is 0 Å². The molecule has 1 saturated heterocycles. The monoisotopic (exact) mass is 289 g/mol. The number of piperidine rings is 1. The molecule has 2 heterocycles. The summed E-state index contributed by atoms with van der Waals surface area (Å²) >= 11 is 0. The molecule has 114 valence electrons. The number of hydrogen-bond acceptors (Lipinski definition) is 4. The van der Waals surface area contributed by atoms with E-state index >= 15 is 0 Å².